The molecule has 1 aliphatic rings. The SMILES string of the molecule is O=C(O)C(O)CCNC(=O)C1CCSC1. The number of nitrogens with one attached hydrogen (secondary N) is 1. The van der Waals surface area contributed by atoms with Crippen LogP contribution in [0.15, 0.2) is 0 Å². The summed E-state index contributed by atoms with van der Waals surface area (Å²) >= 11 is 1.75. The molecule has 0 saturated carbocycles. The molecule has 6 heteroatoms. The highest BCUT2D eigenvalue weighted by atomic mass is 32.2. The lowest BCUT2D eigenvalue weighted by Gasteiger charge is -2.10. The molecular weight excluding hydrogens is 218 g/mol. The summed E-state index contributed by atoms with van der Waals surface area (Å²) in [6, 6.07) is 0. The van der Waals surface area contributed by atoms with Crippen LogP contribution in [0, 0.1) is 5.92 Å². The smallest absolute Gasteiger partial charge is 0.332 e. The third-order valence-electron chi connectivity index (χ3n) is 2.30. The molecule has 3 N–H and O–H groups in total. The van der Waals surface area contributed by atoms with E-state index in [-0.39, 0.29) is 24.8 Å². The van der Waals surface area contributed by atoms with Crippen LogP contribution >= 0.6 is 11.8 Å². The maximum Gasteiger partial charge on any atom is 0.332 e. The number of aliphatic carboxylic acids is 1. The van der Waals surface area contributed by atoms with Crippen LogP contribution in [0.5, 0.6) is 0 Å². The van der Waals surface area contributed by atoms with E-state index in [2.05, 4.69) is 5.32 Å². The number of carboxylic acids is 1. The quantitative estimate of drug-likeness (QED) is 0.606. The normalized spacial score (nSPS) is 22.3. The number of carboxylic acid groups (broad SMARTS) is 1. The maximum atomic E-state index is 11.4. The second kappa shape index (κ2) is 5.97. The Morgan fingerprint density at radius 3 is 2.80 bits per heavy atom. The fourth-order valence-electron chi connectivity index (χ4n) is 1.34. The lowest BCUT2D eigenvalue weighted by molar-refractivity contribution is -0.147. The first-order valence-corrected chi connectivity index (χ1v) is 6.03. The first kappa shape index (κ1) is 12.3. The van der Waals surface area contributed by atoms with E-state index in [4.69, 9.17) is 10.2 Å². The van der Waals surface area contributed by atoms with Gasteiger partial charge in [-0.1, -0.05) is 0 Å². The maximum absolute atomic E-state index is 11.4. The molecule has 2 atom stereocenters. The molecule has 1 amide bonds. The molecule has 1 saturated heterocycles. The van der Waals surface area contributed by atoms with Gasteiger partial charge in [-0.15, -0.1) is 0 Å². The summed E-state index contributed by atoms with van der Waals surface area (Å²) in [4.78, 5) is 21.7. The van der Waals surface area contributed by atoms with Crippen LogP contribution in [0.3, 0.4) is 0 Å². The molecule has 2 unspecified atom stereocenters. The van der Waals surface area contributed by atoms with Crippen LogP contribution < -0.4 is 5.32 Å². The summed E-state index contributed by atoms with van der Waals surface area (Å²) in [6.45, 7) is 0.216. The highest BCUT2D eigenvalue weighted by molar-refractivity contribution is 7.99. The molecule has 1 rings (SSSR count). The van der Waals surface area contributed by atoms with E-state index >= 15 is 0 Å². The number of carbonyl (C=O) groups excluding carboxylic acids is 1. The number of hydrogen-bond acceptors (Lipinski definition) is 4. The predicted molar refractivity (Wildman–Crippen MR) is 56.7 cm³/mol. The van der Waals surface area contributed by atoms with Gasteiger partial charge in [0.2, 0.25) is 5.91 Å². The van der Waals surface area contributed by atoms with Crippen molar-refractivity contribution < 1.29 is 19.8 Å². The van der Waals surface area contributed by atoms with E-state index in [1.807, 2.05) is 0 Å². The van der Waals surface area contributed by atoms with Gasteiger partial charge in [-0.2, -0.15) is 11.8 Å². The van der Waals surface area contributed by atoms with Crippen molar-refractivity contribution in [3.63, 3.8) is 0 Å². The molecule has 0 aromatic carbocycles. The van der Waals surface area contributed by atoms with Crippen molar-refractivity contribution in [2.45, 2.75) is 18.9 Å². The summed E-state index contributed by atoms with van der Waals surface area (Å²) < 4.78 is 0. The van der Waals surface area contributed by atoms with E-state index in [1.165, 1.54) is 0 Å². The van der Waals surface area contributed by atoms with E-state index in [0.29, 0.717) is 0 Å². The molecule has 1 heterocycles. The summed E-state index contributed by atoms with van der Waals surface area (Å²) in [6.07, 6.45) is -0.443. The Kier molecular flexibility index (Phi) is 4.90. The zero-order valence-electron chi connectivity index (χ0n) is 8.31. The summed E-state index contributed by atoms with van der Waals surface area (Å²) in [5, 5.41) is 20.0. The summed E-state index contributed by atoms with van der Waals surface area (Å²) in [7, 11) is 0. The number of thioether (sulfide) groups is 1. The van der Waals surface area contributed by atoms with Crippen molar-refractivity contribution in [1.29, 1.82) is 0 Å². The van der Waals surface area contributed by atoms with E-state index in [0.717, 1.165) is 17.9 Å². The average molecular weight is 233 g/mol. The Labute approximate surface area is 92.2 Å². The molecule has 0 aromatic rings. The van der Waals surface area contributed by atoms with E-state index < -0.39 is 12.1 Å². The molecule has 5 nitrogen and oxygen atoms in total. The van der Waals surface area contributed by atoms with Crippen molar-refractivity contribution in [3.05, 3.63) is 0 Å². The zero-order valence-corrected chi connectivity index (χ0v) is 9.13. The van der Waals surface area contributed by atoms with Crippen LogP contribution in [0.1, 0.15) is 12.8 Å². The summed E-state index contributed by atoms with van der Waals surface area (Å²) in [5.74, 6) is 0.624. The van der Waals surface area contributed by atoms with Gasteiger partial charge in [0, 0.05) is 24.6 Å². The third-order valence-corrected chi connectivity index (χ3v) is 3.46. The first-order chi connectivity index (χ1) is 7.11. The van der Waals surface area contributed by atoms with E-state index in [9.17, 15) is 9.59 Å². The Bertz CT molecular complexity index is 240. The van der Waals surface area contributed by atoms with Crippen LogP contribution in [-0.2, 0) is 9.59 Å². The van der Waals surface area contributed by atoms with Gasteiger partial charge in [0.15, 0.2) is 6.10 Å². The topological polar surface area (TPSA) is 86.6 Å². The van der Waals surface area contributed by atoms with Crippen molar-refractivity contribution in [3.8, 4) is 0 Å². The van der Waals surface area contributed by atoms with Crippen molar-refractivity contribution in [2.75, 3.05) is 18.1 Å². The number of amides is 1. The second-order valence-corrected chi connectivity index (χ2v) is 4.64. The minimum atomic E-state index is -1.39. The fourth-order valence-corrected chi connectivity index (χ4v) is 2.56. The molecule has 1 fully saturated rings. The molecule has 1 aliphatic heterocycles. The summed E-state index contributed by atoms with van der Waals surface area (Å²) in [5.41, 5.74) is 0. The van der Waals surface area contributed by atoms with Gasteiger partial charge in [-0.3, -0.25) is 4.79 Å². The van der Waals surface area contributed by atoms with Gasteiger partial charge >= 0.3 is 5.97 Å². The molecule has 0 aromatic heterocycles. The molecule has 15 heavy (non-hydrogen) atoms. The second-order valence-electron chi connectivity index (χ2n) is 3.49. The van der Waals surface area contributed by atoms with E-state index in [1.54, 1.807) is 11.8 Å². The van der Waals surface area contributed by atoms with Gasteiger partial charge in [0.25, 0.3) is 0 Å². The van der Waals surface area contributed by atoms with Crippen LogP contribution in [-0.4, -0.2) is 46.2 Å². The van der Waals surface area contributed by atoms with Gasteiger partial charge < -0.3 is 15.5 Å². The molecular formula is C9H15NO4S. The Balaban J connectivity index is 2.14. The molecule has 0 spiro atoms. The standard InChI is InChI=1S/C9H15NO4S/c11-7(9(13)14)1-3-10-8(12)6-2-4-15-5-6/h6-7,11H,1-5H2,(H,10,12)(H,13,14). The minimum absolute atomic E-state index is 0.0300. The largest absolute Gasteiger partial charge is 0.479 e. The van der Waals surface area contributed by atoms with Gasteiger partial charge in [-0.05, 0) is 12.2 Å². The van der Waals surface area contributed by atoms with Crippen LogP contribution in [0.2, 0.25) is 0 Å². The van der Waals surface area contributed by atoms with Crippen molar-refractivity contribution in [2.24, 2.45) is 5.92 Å². The lowest BCUT2D eigenvalue weighted by atomic mass is 10.1. The number of aliphatic hydroxyl groups excluding tert-OH is 1. The van der Waals surface area contributed by atoms with Gasteiger partial charge in [0.1, 0.15) is 0 Å². The first-order valence-electron chi connectivity index (χ1n) is 4.87. The van der Waals surface area contributed by atoms with Crippen molar-refractivity contribution >= 4 is 23.6 Å². The molecule has 0 radical (unpaired) electrons. The van der Waals surface area contributed by atoms with Gasteiger partial charge in [0.05, 0.1) is 0 Å². The third kappa shape index (κ3) is 4.09. The zero-order chi connectivity index (χ0) is 11.3. The predicted octanol–water partition coefficient (Wildman–Crippen LogP) is -0.309. The molecule has 0 aliphatic carbocycles. The monoisotopic (exact) mass is 233 g/mol. The number of carbonyl (C=O) groups is 2. The molecule has 86 valence electrons. The fraction of sp³-hybridized carbons (Fsp3) is 0.778. The van der Waals surface area contributed by atoms with Crippen molar-refractivity contribution in [1.82, 2.24) is 5.32 Å². The van der Waals surface area contributed by atoms with Crippen LogP contribution in [0.25, 0.3) is 0 Å². The minimum Gasteiger partial charge on any atom is -0.479 e. The number of hydrogen-bond donors (Lipinski definition) is 3. The average Bonchev–Trinajstić information content (AvgIpc) is 2.70. The highest BCUT2D eigenvalue weighted by Gasteiger charge is 2.23. The number of aliphatic hydroxyl groups is 1. The Hall–Kier alpha value is -0.750. The van der Waals surface area contributed by atoms with Gasteiger partial charge in [-0.25, -0.2) is 4.79 Å². The lowest BCUT2D eigenvalue weighted by Crippen LogP contribution is -2.34. The highest BCUT2D eigenvalue weighted by Crippen LogP contribution is 2.23. The Morgan fingerprint density at radius 1 is 1.53 bits per heavy atom. The Morgan fingerprint density at radius 2 is 2.27 bits per heavy atom. The molecule has 0 bridgehead atoms. The van der Waals surface area contributed by atoms with Crippen LogP contribution in [0.4, 0.5) is 0 Å². The number of rotatable bonds is 5.